The summed E-state index contributed by atoms with van der Waals surface area (Å²) in [6, 6.07) is 11.9. The summed E-state index contributed by atoms with van der Waals surface area (Å²) < 4.78 is 34.0. The maximum absolute atomic E-state index is 13.3. The predicted octanol–water partition coefficient (Wildman–Crippen LogP) is 4.13. The fraction of sp³-hybridized carbons (Fsp3) is 0.238. The third-order valence-corrected chi connectivity index (χ3v) is 5.95. The molecule has 2 amide bonds. The quantitative estimate of drug-likeness (QED) is 0.452. The third-order valence-electron chi connectivity index (χ3n) is 4.07. The number of nitrogens with one attached hydrogen (secondary N) is 2. The molecule has 3 aromatic rings. The number of aromatic nitrogens is 1. The van der Waals surface area contributed by atoms with Gasteiger partial charge in [0.1, 0.15) is 22.6 Å². The van der Waals surface area contributed by atoms with Crippen LogP contribution >= 0.6 is 11.3 Å². The van der Waals surface area contributed by atoms with Crippen LogP contribution in [-0.4, -0.2) is 39.5 Å². The summed E-state index contributed by atoms with van der Waals surface area (Å²) in [4.78, 5) is 18.5. The van der Waals surface area contributed by atoms with Crippen molar-refractivity contribution in [3.63, 3.8) is 0 Å². The van der Waals surface area contributed by atoms with Gasteiger partial charge in [-0.05, 0) is 44.2 Å². The van der Waals surface area contributed by atoms with E-state index in [1.54, 1.807) is 51.2 Å². The molecule has 8 nitrogen and oxygen atoms in total. The van der Waals surface area contributed by atoms with Gasteiger partial charge < -0.3 is 9.84 Å². The van der Waals surface area contributed by atoms with E-state index in [9.17, 15) is 18.5 Å². The number of hydrogen-bond donors (Lipinski definition) is 3. The van der Waals surface area contributed by atoms with Crippen molar-refractivity contribution in [1.29, 1.82) is 0 Å². The van der Waals surface area contributed by atoms with Crippen LogP contribution in [-0.2, 0) is 11.0 Å². The molecule has 0 aliphatic carbocycles. The van der Waals surface area contributed by atoms with Crippen LogP contribution in [0.5, 0.6) is 10.8 Å². The third kappa shape index (κ3) is 6.82. The van der Waals surface area contributed by atoms with Gasteiger partial charge in [-0.3, -0.25) is 10.2 Å². The summed E-state index contributed by atoms with van der Waals surface area (Å²) in [5, 5.41) is 13.1. The predicted molar refractivity (Wildman–Crippen MR) is 123 cm³/mol. The average molecular weight is 479 g/mol. The van der Waals surface area contributed by atoms with Crippen LogP contribution in [0.15, 0.2) is 59.6 Å². The lowest BCUT2D eigenvalue weighted by molar-refractivity contribution is 0.0861. The number of hydrogen-bond acceptors (Lipinski definition) is 6. The van der Waals surface area contributed by atoms with Crippen molar-refractivity contribution in [1.82, 2.24) is 9.71 Å². The molecule has 3 N–H and O–H groups in total. The molecular weight excluding hydrogens is 455 g/mol. The molecule has 0 spiro atoms. The number of aliphatic hydroxyl groups is 1. The van der Waals surface area contributed by atoms with Crippen LogP contribution in [0.3, 0.4) is 0 Å². The van der Waals surface area contributed by atoms with Crippen molar-refractivity contribution in [3.05, 3.63) is 60.5 Å². The Hall–Kier alpha value is -2.86. The number of halogens is 1. The molecule has 0 aliphatic heterocycles. The number of carbonyl (C=O) groups is 1. The smallest absolute Gasteiger partial charge is 0.327 e. The second kappa shape index (κ2) is 10.2. The highest BCUT2D eigenvalue weighted by Crippen LogP contribution is 2.31. The van der Waals surface area contributed by atoms with Crippen LogP contribution in [0.1, 0.15) is 13.8 Å². The Morgan fingerprint density at radius 1 is 1.28 bits per heavy atom. The number of rotatable bonds is 8. The number of urea groups is 1. The van der Waals surface area contributed by atoms with Crippen molar-refractivity contribution in [2.75, 3.05) is 23.8 Å². The average Bonchev–Trinajstić information content (AvgIpc) is 3.17. The largest absolute Gasteiger partial charge is 0.445 e. The molecule has 170 valence electrons. The van der Waals surface area contributed by atoms with E-state index < -0.39 is 28.4 Å². The topological polar surface area (TPSA) is 104 Å². The first-order chi connectivity index (χ1) is 15.1. The Balaban J connectivity index is 1.62. The van der Waals surface area contributed by atoms with Crippen molar-refractivity contribution >= 4 is 39.2 Å². The number of thiazole rings is 1. The monoisotopic (exact) mass is 478 g/mol. The van der Waals surface area contributed by atoms with Gasteiger partial charge in [0.25, 0.3) is 0 Å². The zero-order valence-electron chi connectivity index (χ0n) is 17.7. The van der Waals surface area contributed by atoms with Crippen molar-refractivity contribution < 1.29 is 23.2 Å². The molecule has 0 saturated heterocycles. The molecule has 1 aromatic heterocycles. The van der Waals surface area contributed by atoms with Gasteiger partial charge in [-0.2, -0.15) is 0 Å². The van der Waals surface area contributed by atoms with Gasteiger partial charge in [-0.15, -0.1) is 0 Å². The number of amides is 2. The van der Waals surface area contributed by atoms with Gasteiger partial charge in [0.05, 0.1) is 16.7 Å². The Morgan fingerprint density at radius 2 is 2.03 bits per heavy atom. The normalized spacial score (nSPS) is 12.3. The zero-order valence-corrected chi connectivity index (χ0v) is 19.3. The van der Waals surface area contributed by atoms with Crippen molar-refractivity contribution in [2.45, 2.75) is 24.3 Å². The minimum absolute atomic E-state index is 0.143. The van der Waals surface area contributed by atoms with Crippen LogP contribution in [0.2, 0.25) is 0 Å². The summed E-state index contributed by atoms with van der Waals surface area (Å²) in [6.45, 7) is 3.36. The Morgan fingerprint density at radius 3 is 2.75 bits per heavy atom. The minimum atomic E-state index is -1.55. The number of anilines is 2. The summed E-state index contributed by atoms with van der Waals surface area (Å²) in [5.74, 6) is -0.0905. The maximum atomic E-state index is 13.3. The van der Waals surface area contributed by atoms with E-state index in [1.807, 2.05) is 0 Å². The Labute approximate surface area is 191 Å². The number of benzene rings is 2. The van der Waals surface area contributed by atoms with Gasteiger partial charge in [0, 0.05) is 25.3 Å². The molecule has 0 fully saturated rings. The standard InChI is InChI=1S/C21H23FN4O4S2/c1-21(2,28)13-24-32(29)17-9-5-7-15(11-17)26(3)20(27)25-19-23-12-18(31-19)30-16-8-4-6-14(22)10-16/h4-12,24,28H,13H2,1-3H3,(H,23,25,27). The van der Waals surface area contributed by atoms with Gasteiger partial charge in [0.15, 0.2) is 5.13 Å². The van der Waals surface area contributed by atoms with E-state index in [0.717, 1.165) is 11.3 Å². The fourth-order valence-corrected chi connectivity index (χ4v) is 4.20. The van der Waals surface area contributed by atoms with E-state index in [-0.39, 0.29) is 6.54 Å². The highest BCUT2D eigenvalue weighted by Gasteiger charge is 2.17. The molecule has 32 heavy (non-hydrogen) atoms. The molecule has 2 aromatic carbocycles. The number of carbonyl (C=O) groups excluding carboxylic acids is 1. The van der Waals surface area contributed by atoms with E-state index in [2.05, 4.69) is 15.0 Å². The first-order valence-corrected chi connectivity index (χ1v) is 11.5. The van der Waals surface area contributed by atoms with Crippen LogP contribution in [0, 0.1) is 5.82 Å². The Kier molecular flexibility index (Phi) is 7.56. The van der Waals surface area contributed by atoms with E-state index in [1.165, 1.54) is 29.3 Å². The lowest BCUT2D eigenvalue weighted by atomic mass is 10.1. The molecule has 0 bridgehead atoms. The summed E-state index contributed by atoms with van der Waals surface area (Å²) in [6.07, 6.45) is 1.43. The summed E-state index contributed by atoms with van der Waals surface area (Å²) in [5.41, 5.74) is -0.485. The van der Waals surface area contributed by atoms with Crippen molar-refractivity contribution in [3.8, 4) is 10.8 Å². The molecule has 1 atom stereocenters. The summed E-state index contributed by atoms with van der Waals surface area (Å²) in [7, 11) is 0.0211. The van der Waals surface area contributed by atoms with E-state index in [4.69, 9.17) is 4.74 Å². The van der Waals surface area contributed by atoms with Gasteiger partial charge in [-0.1, -0.05) is 23.5 Å². The van der Waals surface area contributed by atoms with E-state index in [0.29, 0.717) is 26.5 Å². The Bertz CT molecular complexity index is 1120. The molecule has 1 heterocycles. The van der Waals surface area contributed by atoms with Gasteiger partial charge >= 0.3 is 6.03 Å². The van der Waals surface area contributed by atoms with Crippen LogP contribution < -0.4 is 19.7 Å². The summed E-state index contributed by atoms with van der Waals surface area (Å²) >= 11 is 1.09. The second-order valence-electron chi connectivity index (χ2n) is 7.43. The van der Waals surface area contributed by atoms with Gasteiger partial charge in [0.2, 0.25) is 5.06 Å². The molecule has 11 heteroatoms. The first kappa shape index (κ1) is 23.8. The lowest BCUT2D eigenvalue weighted by Gasteiger charge is -2.19. The first-order valence-electron chi connectivity index (χ1n) is 9.52. The van der Waals surface area contributed by atoms with Crippen molar-refractivity contribution in [2.24, 2.45) is 0 Å². The number of nitrogens with zero attached hydrogens (tertiary/aromatic N) is 2. The SMILES string of the molecule is CN(C(=O)Nc1ncc(Oc2cccc(F)c2)s1)c1cccc(S(=O)NCC(C)(C)O)c1. The molecular formula is C21H23FN4O4S2. The lowest BCUT2D eigenvalue weighted by Crippen LogP contribution is -2.35. The molecule has 1 unspecified atom stereocenters. The molecule has 3 rings (SSSR count). The highest BCUT2D eigenvalue weighted by atomic mass is 32.2. The van der Waals surface area contributed by atoms with E-state index >= 15 is 0 Å². The maximum Gasteiger partial charge on any atom is 0.327 e. The van der Waals surface area contributed by atoms with Crippen LogP contribution in [0.25, 0.3) is 0 Å². The highest BCUT2D eigenvalue weighted by molar-refractivity contribution is 7.83. The zero-order chi connectivity index (χ0) is 23.3. The second-order valence-corrected chi connectivity index (χ2v) is 9.72. The van der Waals surface area contributed by atoms with Gasteiger partial charge in [-0.25, -0.2) is 23.1 Å². The minimum Gasteiger partial charge on any atom is -0.445 e. The molecule has 0 radical (unpaired) electrons. The fourth-order valence-electron chi connectivity index (χ4n) is 2.44. The molecule has 0 saturated carbocycles. The van der Waals surface area contributed by atoms with Crippen LogP contribution in [0.4, 0.5) is 20.0 Å². The molecule has 0 aliphatic rings. The number of ether oxygens (including phenoxy) is 1.